The molecule has 0 amide bonds. The molecule has 0 saturated heterocycles. The van der Waals surface area contributed by atoms with E-state index in [0.717, 1.165) is 0 Å². The molecule has 2 aromatic rings. The van der Waals surface area contributed by atoms with Crippen LogP contribution < -0.4 is 5.32 Å². The summed E-state index contributed by atoms with van der Waals surface area (Å²) in [6, 6.07) is 1.65. The van der Waals surface area contributed by atoms with E-state index in [0.29, 0.717) is 16.7 Å². The van der Waals surface area contributed by atoms with Crippen molar-refractivity contribution in [3.05, 3.63) is 17.5 Å². The van der Waals surface area contributed by atoms with E-state index in [1.54, 1.807) is 13.0 Å². The first kappa shape index (κ1) is 12.1. The first-order valence-electron chi connectivity index (χ1n) is 5.22. The lowest BCUT2D eigenvalue weighted by Gasteiger charge is -2.30. The molecule has 2 rings (SSSR count). The van der Waals surface area contributed by atoms with E-state index < -0.39 is 11.6 Å². The first-order valence-corrected chi connectivity index (χ1v) is 5.60. The molecular formula is C10H14ClN5O. The van der Waals surface area contributed by atoms with Gasteiger partial charge in [0.15, 0.2) is 0 Å². The highest BCUT2D eigenvalue weighted by molar-refractivity contribution is 6.29. The summed E-state index contributed by atoms with van der Waals surface area (Å²) in [7, 11) is 0. The predicted molar refractivity (Wildman–Crippen MR) is 65.2 cm³/mol. The smallest absolute Gasteiger partial charge is 0.255 e. The Kier molecular flexibility index (Phi) is 2.92. The topological polar surface area (TPSA) is 75.3 Å². The molecule has 0 fully saturated rings. The Morgan fingerprint density at radius 2 is 2.24 bits per heavy atom. The molecule has 0 aromatic carbocycles. The van der Waals surface area contributed by atoms with Crippen molar-refractivity contribution in [1.82, 2.24) is 19.6 Å². The molecule has 2 N–H and O–H groups in total. The summed E-state index contributed by atoms with van der Waals surface area (Å²) in [4.78, 5) is 7.99. The Labute approximate surface area is 104 Å². The summed E-state index contributed by atoms with van der Waals surface area (Å²) >= 11 is 5.89. The third-order valence-electron chi connectivity index (χ3n) is 2.72. The normalized spacial score (nSPS) is 13.9. The van der Waals surface area contributed by atoms with Crippen molar-refractivity contribution in [2.24, 2.45) is 0 Å². The van der Waals surface area contributed by atoms with Crippen LogP contribution in [-0.4, -0.2) is 36.3 Å². The van der Waals surface area contributed by atoms with Gasteiger partial charge in [0, 0.05) is 6.07 Å². The zero-order chi connectivity index (χ0) is 12.6. The summed E-state index contributed by atoms with van der Waals surface area (Å²) in [5, 5.41) is 17.2. The van der Waals surface area contributed by atoms with E-state index in [9.17, 15) is 5.11 Å². The molecule has 0 aliphatic rings. The van der Waals surface area contributed by atoms with Gasteiger partial charge in [0.1, 0.15) is 17.3 Å². The second kappa shape index (κ2) is 4.12. The van der Waals surface area contributed by atoms with E-state index in [1.807, 2.05) is 13.8 Å². The largest absolute Gasteiger partial charge is 0.391 e. The minimum atomic E-state index is -0.534. The molecule has 2 aromatic heterocycles. The summed E-state index contributed by atoms with van der Waals surface area (Å²) in [6.07, 6.45) is 0.868. The van der Waals surface area contributed by atoms with Gasteiger partial charge in [-0.25, -0.2) is 0 Å². The second-order valence-electron chi connectivity index (χ2n) is 4.46. The number of hydrogen-bond acceptors (Lipinski definition) is 5. The maximum Gasteiger partial charge on any atom is 0.255 e. The van der Waals surface area contributed by atoms with Gasteiger partial charge in [0.05, 0.1) is 11.6 Å². The van der Waals surface area contributed by atoms with E-state index in [1.165, 1.54) is 10.8 Å². The number of aliphatic hydroxyl groups is 1. The number of rotatable bonds is 3. The fourth-order valence-electron chi connectivity index (χ4n) is 1.31. The van der Waals surface area contributed by atoms with Crippen molar-refractivity contribution < 1.29 is 5.11 Å². The molecule has 2 heterocycles. The van der Waals surface area contributed by atoms with Crippen LogP contribution in [0.1, 0.15) is 20.8 Å². The Morgan fingerprint density at radius 1 is 1.53 bits per heavy atom. The summed E-state index contributed by atoms with van der Waals surface area (Å²) in [5.41, 5.74) is -0.510. The molecule has 1 unspecified atom stereocenters. The number of aromatic nitrogens is 4. The van der Waals surface area contributed by atoms with Gasteiger partial charge in [0.2, 0.25) is 0 Å². The Balaban J connectivity index is 2.45. The van der Waals surface area contributed by atoms with Crippen LogP contribution in [0.5, 0.6) is 0 Å². The van der Waals surface area contributed by atoms with E-state index in [2.05, 4.69) is 20.4 Å². The average Bonchev–Trinajstić information content (AvgIpc) is 2.64. The van der Waals surface area contributed by atoms with Gasteiger partial charge >= 0.3 is 0 Å². The Hall–Kier alpha value is -1.40. The molecule has 0 radical (unpaired) electrons. The van der Waals surface area contributed by atoms with Crippen molar-refractivity contribution in [3.8, 4) is 0 Å². The zero-order valence-corrected chi connectivity index (χ0v) is 10.6. The number of hydrogen-bond donors (Lipinski definition) is 2. The van der Waals surface area contributed by atoms with Crippen molar-refractivity contribution in [2.45, 2.75) is 32.4 Å². The highest BCUT2D eigenvalue weighted by Gasteiger charge is 2.25. The summed E-state index contributed by atoms with van der Waals surface area (Å²) < 4.78 is 1.54. The van der Waals surface area contributed by atoms with E-state index >= 15 is 0 Å². The van der Waals surface area contributed by atoms with Crippen LogP contribution in [0, 0.1) is 0 Å². The van der Waals surface area contributed by atoms with Crippen LogP contribution in [-0.2, 0) is 0 Å². The van der Waals surface area contributed by atoms with Crippen molar-refractivity contribution in [1.29, 1.82) is 0 Å². The lowest BCUT2D eigenvalue weighted by molar-refractivity contribution is 0.133. The number of fused-ring (bicyclic) bond motifs is 1. The SMILES string of the molecule is CC(O)C(C)(C)Nc1cc(Cl)nc2ncnn12. The predicted octanol–water partition coefficient (Wildman–Crippen LogP) is 1.35. The number of nitrogens with one attached hydrogen (secondary N) is 1. The van der Waals surface area contributed by atoms with Gasteiger partial charge in [0.25, 0.3) is 5.78 Å². The summed E-state index contributed by atoms with van der Waals surface area (Å²) in [5.74, 6) is 1.06. The molecule has 0 aliphatic carbocycles. The molecule has 92 valence electrons. The van der Waals surface area contributed by atoms with Crippen LogP contribution in [0.4, 0.5) is 5.82 Å². The maximum absolute atomic E-state index is 9.68. The standard InChI is InChI=1S/C10H14ClN5O/c1-6(17)10(2,3)15-8-4-7(11)14-9-12-5-13-16(8)9/h4-6,15,17H,1-3H3. The van der Waals surface area contributed by atoms with Gasteiger partial charge < -0.3 is 10.4 Å². The third-order valence-corrected chi connectivity index (χ3v) is 2.91. The molecule has 7 heteroatoms. The number of aliphatic hydroxyl groups excluding tert-OH is 1. The summed E-state index contributed by atoms with van der Waals surface area (Å²) in [6.45, 7) is 5.48. The Bertz CT molecular complexity index is 536. The first-order chi connectivity index (χ1) is 7.90. The number of nitrogens with zero attached hydrogens (tertiary/aromatic N) is 4. The fraction of sp³-hybridized carbons (Fsp3) is 0.500. The maximum atomic E-state index is 9.68. The van der Waals surface area contributed by atoms with Gasteiger partial charge in [-0.15, -0.1) is 0 Å². The zero-order valence-electron chi connectivity index (χ0n) is 9.85. The van der Waals surface area contributed by atoms with Gasteiger partial charge in [-0.2, -0.15) is 19.6 Å². The van der Waals surface area contributed by atoms with Gasteiger partial charge in [-0.05, 0) is 20.8 Å². The number of anilines is 1. The highest BCUT2D eigenvalue weighted by atomic mass is 35.5. The molecule has 17 heavy (non-hydrogen) atoms. The van der Waals surface area contributed by atoms with Crippen molar-refractivity contribution >= 4 is 23.2 Å². The quantitative estimate of drug-likeness (QED) is 0.810. The van der Waals surface area contributed by atoms with Crippen LogP contribution in [0.3, 0.4) is 0 Å². The van der Waals surface area contributed by atoms with E-state index in [4.69, 9.17) is 11.6 Å². The molecule has 0 aliphatic heterocycles. The second-order valence-corrected chi connectivity index (χ2v) is 4.85. The average molecular weight is 256 g/mol. The third kappa shape index (κ3) is 2.32. The minimum Gasteiger partial charge on any atom is -0.391 e. The monoisotopic (exact) mass is 255 g/mol. The lowest BCUT2D eigenvalue weighted by atomic mass is 9.99. The fourth-order valence-corrected chi connectivity index (χ4v) is 1.49. The minimum absolute atomic E-state index is 0.328. The van der Waals surface area contributed by atoms with Crippen molar-refractivity contribution in [2.75, 3.05) is 5.32 Å². The van der Waals surface area contributed by atoms with Gasteiger partial charge in [-0.1, -0.05) is 11.6 Å². The molecule has 6 nitrogen and oxygen atoms in total. The van der Waals surface area contributed by atoms with Crippen LogP contribution in [0.25, 0.3) is 5.78 Å². The molecule has 0 bridgehead atoms. The van der Waals surface area contributed by atoms with Crippen LogP contribution in [0.2, 0.25) is 5.15 Å². The van der Waals surface area contributed by atoms with Crippen LogP contribution in [0.15, 0.2) is 12.4 Å². The Morgan fingerprint density at radius 3 is 2.88 bits per heavy atom. The van der Waals surface area contributed by atoms with Crippen LogP contribution >= 0.6 is 11.6 Å². The molecule has 0 spiro atoms. The van der Waals surface area contributed by atoms with E-state index in [-0.39, 0.29) is 0 Å². The number of halogens is 1. The molecular weight excluding hydrogens is 242 g/mol. The van der Waals surface area contributed by atoms with Gasteiger partial charge in [-0.3, -0.25) is 0 Å². The highest BCUT2D eigenvalue weighted by Crippen LogP contribution is 2.20. The lowest BCUT2D eigenvalue weighted by Crippen LogP contribution is -2.42. The molecule has 1 atom stereocenters. The van der Waals surface area contributed by atoms with Crippen molar-refractivity contribution in [3.63, 3.8) is 0 Å². The molecule has 0 saturated carbocycles.